The largest absolute Gasteiger partial charge is 0.444 e. The third kappa shape index (κ3) is 14.0. The number of nitrogens with one attached hydrogen (secondary N) is 3. The number of fused-ring (bicyclic) bond motifs is 3. The van der Waals surface area contributed by atoms with Gasteiger partial charge in [0, 0.05) is 32.7 Å². The van der Waals surface area contributed by atoms with Crippen molar-refractivity contribution in [1.29, 1.82) is 5.26 Å². The Morgan fingerprint density at radius 1 is 0.472 bits per heavy atom. The summed E-state index contributed by atoms with van der Waals surface area (Å²) in [4.78, 5) is 141. The van der Waals surface area contributed by atoms with E-state index in [1.807, 2.05) is 27.7 Å². The van der Waals surface area contributed by atoms with Crippen molar-refractivity contribution < 1.29 is 68.0 Å². The summed E-state index contributed by atoms with van der Waals surface area (Å²) in [5, 5.41) is 51.9. The molecule has 0 aromatic carbocycles. The second-order valence-corrected chi connectivity index (χ2v) is 39.0. The second kappa shape index (κ2) is 27.7. The molecule has 20 unspecified atom stereocenters. The van der Waals surface area contributed by atoms with Crippen LogP contribution in [0.15, 0.2) is 0 Å². The fraction of sp³-hybridized carbons (Fsp3) is 0.861. The van der Waals surface area contributed by atoms with Gasteiger partial charge < -0.3 is 83.4 Å². The van der Waals surface area contributed by atoms with Crippen molar-refractivity contribution in [2.24, 2.45) is 141 Å². The zero-order chi connectivity index (χ0) is 75.6. The average molecular weight is 1470 g/mol. The number of amides is 10. The van der Waals surface area contributed by atoms with Crippen LogP contribution in [0, 0.1) is 130 Å². The van der Waals surface area contributed by atoms with Gasteiger partial charge in [0.05, 0.1) is 35.0 Å². The lowest BCUT2D eigenvalue weighted by Crippen LogP contribution is -2.65. The fourth-order valence-electron chi connectivity index (χ4n) is 25.8. The van der Waals surface area contributed by atoms with Gasteiger partial charge in [0.25, 0.3) is 0 Å². The number of rotatable bonds is 17. The number of nitriles is 1. The molecule has 12 bridgehead atoms. The molecule has 5 aliphatic heterocycles. The first-order valence-electron chi connectivity index (χ1n) is 40.8. The zero-order valence-electron chi connectivity index (χ0n) is 63.2. The molecule has 27 heteroatoms. The lowest BCUT2D eigenvalue weighted by molar-refractivity contribution is -0.169. The Kier molecular flexibility index (Phi) is 19.6. The molecular weight excluding hydrogens is 1350 g/mol. The van der Waals surface area contributed by atoms with Crippen LogP contribution in [0.3, 0.4) is 0 Å². The highest BCUT2D eigenvalue weighted by molar-refractivity contribution is 5.97. The summed E-state index contributed by atoms with van der Waals surface area (Å²) in [7, 11) is 0. The summed E-state index contributed by atoms with van der Waals surface area (Å²) in [5.74, 6) is 1.42. The third-order valence-corrected chi connectivity index (χ3v) is 29.8. The van der Waals surface area contributed by atoms with Gasteiger partial charge in [0.1, 0.15) is 53.9 Å². The van der Waals surface area contributed by atoms with Gasteiger partial charge in [-0.1, -0.05) is 27.7 Å². The normalized spacial score (nSPS) is 42.8. The Bertz CT molecular complexity index is 3530. The predicted molar refractivity (Wildman–Crippen MR) is 383 cm³/mol. The number of piperidine rings is 3. The smallest absolute Gasteiger partial charge is 0.408 e. The number of aliphatic hydroxyl groups is 3. The third-order valence-electron chi connectivity index (χ3n) is 29.8. The van der Waals surface area contributed by atoms with Gasteiger partial charge >= 0.3 is 6.09 Å². The molecule has 5 heterocycles. The molecule has 0 radical (unpaired) electrons. The maximum atomic E-state index is 14.4. The highest BCUT2D eigenvalue weighted by Gasteiger charge is 2.65. The van der Waals surface area contributed by atoms with Gasteiger partial charge in [-0.3, -0.25) is 43.2 Å². The topological polar surface area (TPSA) is 421 Å². The first-order valence-corrected chi connectivity index (χ1v) is 40.8. The van der Waals surface area contributed by atoms with E-state index in [0.717, 1.165) is 96.3 Å². The number of nitrogens with zero attached hydrogens (tertiary/aromatic N) is 6. The van der Waals surface area contributed by atoms with Crippen molar-refractivity contribution in [2.75, 3.05) is 32.7 Å². The number of likely N-dealkylation sites (tertiary alicyclic amines) is 5. The number of nitrogens with two attached hydrogens (primary N) is 4. The minimum Gasteiger partial charge on any atom is -0.444 e. The van der Waals surface area contributed by atoms with Gasteiger partial charge in [-0.25, -0.2) is 4.79 Å². The number of primary amides is 2. The lowest BCUT2D eigenvalue weighted by atomic mass is 9.49. The van der Waals surface area contributed by atoms with Crippen LogP contribution in [0.25, 0.3) is 0 Å². The fourth-order valence-corrected chi connectivity index (χ4v) is 25.8. The van der Waals surface area contributed by atoms with Crippen LogP contribution in [-0.4, -0.2) is 215 Å². The van der Waals surface area contributed by atoms with Crippen LogP contribution in [0.5, 0.6) is 0 Å². The molecule has 14 N–H and O–H groups in total. The molecule has 0 spiro atoms. The van der Waals surface area contributed by atoms with E-state index in [0.29, 0.717) is 119 Å². The summed E-state index contributed by atoms with van der Waals surface area (Å²) in [5.41, 5.74) is 21.4. The molecule has 20 rings (SSSR count). The first-order chi connectivity index (χ1) is 50.0. The molecule has 106 heavy (non-hydrogen) atoms. The summed E-state index contributed by atoms with van der Waals surface area (Å²) < 4.78 is 5.40. The molecule has 20 fully saturated rings. The summed E-state index contributed by atoms with van der Waals surface area (Å²) in [6.07, 6.45) is 17.2. The minimum absolute atomic E-state index is 0.0329. The molecule has 584 valence electrons. The number of carbonyl (C=O) groups excluding carboxylic acids is 10. The number of carbonyl (C=O) groups is 10. The highest BCUT2D eigenvalue weighted by atomic mass is 16.6. The highest BCUT2D eigenvalue weighted by Crippen LogP contribution is 2.63. The maximum absolute atomic E-state index is 14.4. The molecule has 27 nitrogen and oxygen atoms in total. The Labute approximate surface area is 622 Å². The molecule has 0 aromatic rings. The predicted octanol–water partition coefficient (Wildman–Crippen LogP) is 2.37. The molecule has 20 aliphatic rings. The standard InChI is InChI=1S/C33H51N5O7.C28H41N5O4.C18H27N3O3/c1-16(2)24(36-31(43)45-32(3,4)5)29(41)37-8-6-7-22(37)28(40)35-25(30(42)38-15-20-11-21(20)26(38)27(34)39)23-18-9-17-10-19(23)14-33(44,12-17)13-18;1-14(2)23(30)26(35)32-5-3-4-20(32)25(34)31-24(27(36)33-13-18-8-19(18)21(33)12-29)22-16-6-15-7-17(22)11-28(37,9-15)10-16;19-14(17(23)21-7-11-3-12(11)15(21)16(20)22)13-9-1-8-2-10(13)6-18(24,4-8)5-9/h16-26,44H,6-15H2,1-5H3,(H2,34,39)(H,35,40)(H,36,43);14-24,37H,3-11,13,30H2,1-2H3,(H,31,34);8-15,24H,1-7,19H2,(H2,20,22)/t17?,18?,19?,20?,21?,22?,23?,24-,25?,26?,33?;15?,16?,17?,18?,19?,20?,21?,22?,23-,24?,28?;/m11./s1. The van der Waals surface area contributed by atoms with E-state index in [-0.39, 0.29) is 118 Å². The summed E-state index contributed by atoms with van der Waals surface area (Å²) in [6, 6.07) is -4.31. The van der Waals surface area contributed by atoms with Crippen molar-refractivity contribution in [1.82, 2.24) is 40.4 Å². The number of ether oxygens (including phenoxy) is 1. The van der Waals surface area contributed by atoms with Crippen molar-refractivity contribution in [3.63, 3.8) is 0 Å². The van der Waals surface area contributed by atoms with Gasteiger partial charge in [-0.15, -0.1) is 0 Å². The number of hydrogen-bond acceptors (Lipinski definition) is 17. The van der Waals surface area contributed by atoms with E-state index in [2.05, 4.69) is 22.0 Å². The van der Waals surface area contributed by atoms with Crippen molar-refractivity contribution >= 4 is 59.3 Å². The monoisotopic (exact) mass is 1470 g/mol. The zero-order valence-corrected chi connectivity index (χ0v) is 63.2. The van der Waals surface area contributed by atoms with Crippen LogP contribution in [-0.2, 0) is 47.9 Å². The number of hydrogen-bond donors (Lipinski definition) is 10. The SMILES string of the molecule is CC(C)[C@@H](N)C(=O)N1CCCC1C(=O)NC(C(=O)N1CC2CC2C1C#N)C1C2CC3CC1CC(O)(C3)C2.CC(C)[C@@H](NC(=O)OC(C)(C)C)C(=O)N1CCCC1C(=O)NC(C(=O)N1CC2CC2C1C(N)=O)C1C2CC3CC1CC(O)(C3)C2.NC(=O)C1C2CC2CN1C(=O)C(N)C1C2CC3CC1CC(O)(C3)C2. The van der Waals surface area contributed by atoms with E-state index in [4.69, 9.17) is 27.7 Å². The average Bonchev–Trinajstić information content (AvgIpc) is 0.912. The van der Waals surface area contributed by atoms with Crippen LogP contribution < -0.4 is 38.9 Å². The molecular formula is C79H119N13O14. The van der Waals surface area contributed by atoms with E-state index < -0.39 is 101 Å². The van der Waals surface area contributed by atoms with E-state index in [1.54, 1.807) is 40.4 Å². The quantitative estimate of drug-likeness (QED) is 0.0999. The Morgan fingerprint density at radius 2 is 0.849 bits per heavy atom. The molecule has 5 saturated heterocycles. The lowest BCUT2D eigenvalue weighted by Gasteiger charge is -2.59. The molecule has 15 saturated carbocycles. The van der Waals surface area contributed by atoms with Gasteiger partial charge in [-0.2, -0.15) is 5.26 Å². The molecule has 0 aromatic heterocycles. The van der Waals surface area contributed by atoms with Gasteiger partial charge in [0.2, 0.25) is 53.2 Å². The summed E-state index contributed by atoms with van der Waals surface area (Å²) >= 11 is 0. The Balaban J connectivity index is 0.000000133. The first kappa shape index (κ1) is 75.2. The van der Waals surface area contributed by atoms with Gasteiger partial charge in [0.15, 0.2) is 0 Å². The Hall–Kier alpha value is -6.21. The van der Waals surface area contributed by atoms with Crippen molar-refractivity contribution in [3.8, 4) is 6.07 Å². The van der Waals surface area contributed by atoms with Crippen LogP contribution >= 0.6 is 0 Å². The van der Waals surface area contributed by atoms with E-state index >= 15 is 0 Å². The van der Waals surface area contributed by atoms with E-state index in [9.17, 15) is 68.5 Å². The molecule has 15 aliphatic carbocycles. The van der Waals surface area contributed by atoms with E-state index in [1.165, 1.54) is 4.90 Å². The van der Waals surface area contributed by atoms with Crippen molar-refractivity contribution in [3.05, 3.63) is 0 Å². The second-order valence-electron chi connectivity index (χ2n) is 39.0. The van der Waals surface area contributed by atoms with Crippen molar-refractivity contribution in [2.45, 2.75) is 273 Å². The summed E-state index contributed by atoms with van der Waals surface area (Å²) in [6.45, 7) is 15.2. The maximum Gasteiger partial charge on any atom is 0.408 e. The Morgan fingerprint density at radius 3 is 1.24 bits per heavy atom. The molecule has 10 amide bonds. The molecule has 22 atom stereocenters. The number of alkyl carbamates (subject to hydrolysis) is 1. The van der Waals surface area contributed by atoms with Crippen LogP contribution in [0.1, 0.15) is 190 Å². The van der Waals surface area contributed by atoms with Crippen LogP contribution in [0.2, 0.25) is 0 Å². The minimum atomic E-state index is -0.886. The van der Waals surface area contributed by atoms with Gasteiger partial charge in [-0.05, 0) is 280 Å². The van der Waals surface area contributed by atoms with Crippen LogP contribution in [0.4, 0.5) is 4.79 Å².